The summed E-state index contributed by atoms with van der Waals surface area (Å²) in [6, 6.07) is 24.5. The van der Waals surface area contributed by atoms with Gasteiger partial charge in [-0.3, -0.25) is 9.20 Å². The zero-order valence-electron chi connectivity index (χ0n) is 18.3. The van der Waals surface area contributed by atoms with Crippen molar-refractivity contribution in [2.75, 3.05) is 5.32 Å². The first kappa shape index (κ1) is 21.0. The summed E-state index contributed by atoms with van der Waals surface area (Å²) >= 11 is 1.31. The molecule has 0 aliphatic heterocycles. The fourth-order valence-electron chi connectivity index (χ4n) is 4.29. The second-order valence-electron chi connectivity index (χ2n) is 8.47. The summed E-state index contributed by atoms with van der Waals surface area (Å²) in [5, 5.41) is 11.2. The van der Waals surface area contributed by atoms with Crippen LogP contribution in [0.5, 0.6) is 0 Å². The Bertz CT molecular complexity index is 1380. The van der Waals surface area contributed by atoms with Crippen molar-refractivity contribution in [3.05, 3.63) is 102 Å². The number of carbonyl (C=O) groups excluding carboxylic acids is 1. The minimum absolute atomic E-state index is 0.105. The van der Waals surface area contributed by atoms with Crippen LogP contribution in [-0.2, 0) is 4.79 Å². The van der Waals surface area contributed by atoms with Crippen molar-refractivity contribution in [1.29, 1.82) is 0 Å². The average molecular weight is 454 g/mol. The maximum Gasteiger partial charge on any atom is 0.232 e. The first-order valence-electron chi connectivity index (χ1n) is 10.7. The molecule has 0 radical (unpaired) electrons. The molecule has 6 nitrogen and oxygen atoms in total. The number of benzene rings is 2. The van der Waals surface area contributed by atoms with Gasteiger partial charge in [-0.05, 0) is 23.3 Å². The molecule has 1 amide bonds. The Kier molecular flexibility index (Phi) is 5.48. The summed E-state index contributed by atoms with van der Waals surface area (Å²) in [5.74, 6) is 0.611. The molecule has 5 aromatic rings. The highest BCUT2D eigenvalue weighted by Crippen LogP contribution is 2.42. The minimum Gasteiger partial charge on any atom is -0.300 e. The molecule has 2 aromatic carbocycles. The van der Waals surface area contributed by atoms with Gasteiger partial charge in [0.1, 0.15) is 11.3 Å². The summed E-state index contributed by atoms with van der Waals surface area (Å²) < 4.78 is 2.08. The van der Waals surface area contributed by atoms with E-state index in [9.17, 15) is 4.79 Å². The van der Waals surface area contributed by atoms with Gasteiger partial charge in [-0.25, -0.2) is 4.98 Å². The molecular formula is C26H23N5OS. The minimum atomic E-state index is -0.756. The summed E-state index contributed by atoms with van der Waals surface area (Å²) in [4.78, 5) is 18.0. The SMILES string of the molecule is CC(C)(C(=O)Nc1nncs1)[C@@H](c1ccccc1)c1ccn2c(-c3ccccc3)ncc2c1. The Morgan fingerprint density at radius 3 is 2.42 bits per heavy atom. The van der Waals surface area contributed by atoms with Gasteiger partial charge in [0.15, 0.2) is 0 Å². The molecule has 0 spiro atoms. The highest BCUT2D eigenvalue weighted by molar-refractivity contribution is 7.13. The lowest BCUT2D eigenvalue weighted by atomic mass is 9.70. The fraction of sp³-hybridized carbons (Fsp3) is 0.154. The third-order valence-corrected chi connectivity index (χ3v) is 6.55. The van der Waals surface area contributed by atoms with E-state index in [1.165, 1.54) is 11.3 Å². The van der Waals surface area contributed by atoms with Crippen LogP contribution in [0.25, 0.3) is 16.9 Å². The van der Waals surface area contributed by atoms with Gasteiger partial charge < -0.3 is 5.32 Å². The molecule has 1 atom stereocenters. The van der Waals surface area contributed by atoms with E-state index in [-0.39, 0.29) is 11.8 Å². The lowest BCUT2D eigenvalue weighted by Crippen LogP contribution is -2.37. The van der Waals surface area contributed by atoms with Crippen LogP contribution >= 0.6 is 11.3 Å². The van der Waals surface area contributed by atoms with E-state index in [4.69, 9.17) is 0 Å². The third-order valence-electron chi connectivity index (χ3n) is 5.94. The van der Waals surface area contributed by atoms with Gasteiger partial charge in [0.2, 0.25) is 11.0 Å². The first-order chi connectivity index (χ1) is 16.0. The van der Waals surface area contributed by atoms with E-state index in [0.29, 0.717) is 5.13 Å². The number of nitrogens with zero attached hydrogens (tertiary/aromatic N) is 4. The number of nitrogens with one attached hydrogen (secondary N) is 1. The number of anilines is 1. The molecule has 0 saturated carbocycles. The number of amides is 1. The maximum atomic E-state index is 13.4. The van der Waals surface area contributed by atoms with Crippen molar-refractivity contribution in [2.24, 2.45) is 5.41 Å². The van der Waals surface area contributed by atoms with Crippen molar-refractivity contribution in [3.63, 3.8) is 0 Å². The highest BCUT2D eigenvalue weighted by atomic mass is 32.1. The molecule has 5 rings (SSSR count). The average Bonchev–Trinajstić information content (AvgIpc) is 3.50. The zero-order valence-corrected chi connectivity index (χ0v) is 19.2. The van der Waals surface area contributed by atoms with Gasteiger partial charge in [-0.1, -0.05) is 85.8 Å². The molecule has 7 heteroatoms. The van der Waals surface area contributed by atoms with Crippen molar-refractivity contribution in [2.45, 2.75) is 19.8 Å². The standard InChI is InChI=1S/C26H23N5OS/c1-26(2,24(32)29-25-30-28-17-33-25)22(18-9-5-3-6-10-18)20-13-14-31-21(15-20)16-27-23(31)19-11-7-4-8-12-19/h3-17,22H,1-2H3,(H,29,30,32)/t22-/m0/s1. The lowest BCUT2D eigenvalue weighted by molar-refractivity contribution is -0.124. The van der Waals surface area contributed by atoms with Crippen LogP contribution in [0.15, 0.2) is 90.7 Å². The van der Waals surface area contributed by atoms with Crippen LogP contribution in [0.3, 0.4) is 0 Å². The molecular weight excluding hydrogens is 430 g/mol. The van der Waals surface area contributed by atoms with Crippen LogP contribution < -0.4 is 5.32 Å². The normalized spacial score (nSPS) is 12.5. The summed E-state index contributed by atoms with van der Waals surface area (Å²) in [6.45, 7) is 3.94. The molecule has 0 unspecified atom stereocenters. The van der Waals surface area contributed by atoms with Crippen LogP contribution in [0.1, 0.15) is 30.9 Å². The van der Waals surface area contributed by atoms with E-state index in [0.717, 1.165) is 28.0 Å². The van der Waals surface area contributed by atoms with Gasteiger partial charge in [0.05, 0.1) is 17.1 Å². The van der Waals surface area contributed by atoms with Crippen LogP contribution in [-0.4, -0.2) is 25.5 Å². The molecule has 3 aromatic heterocycles. The lowest BCUT2D eigenvalue weighted by Gasteiger charge is -2.33. The topological polar surface area (TPSA) is 72.2 Å². The molecule has 0 aliphatic carbocycles. The number of fused-ring (bicyclic) bond motifs is 1. The van der Waals surface area contributed by atoms with E-state index in [1.54, 1.807) is 5.51 Å². The number of rotatable bonds is 6. The number of aromatic nitrogens is 4. The number of imidazole rings is 1. The van der Waals surface area contributed by atoms with E-state index in [2.05, 4.69) is 61.3 Å². The molecule has 0 bridgehead atoms. The molecule has 0 aliphatic rings. The van der Waals surface area contributed by atoms with E-state index >= 15 is 0 Å². The fourth-order valence-corrected chi connectivity index (χ4v) is 4.73. The molecule has 33 heavy (non-hydrogen) atoms. The smallest absolute Gasteiger partial charge is 0.232 e. The summed E-state index contributed by atoms with van der Waals surface area (Å²) in [6.07, 6.45) is 3.91. The molecule has 0 fully saturated rings. The number of hydrogen-bond acceptors (Lipinski definition) is 5. The van der Waals surface area contributed by atoms with Gasteiger partial charge in [0.25, 0.3) is 0 Å². The first-order valence-corrected chi connectivity index (χ1v) is 11.6. The van der Waals surface area contributed by atoms with Crippen molar-refractivity contribution < 1.29 is 4.79 Å². The van der Waals surface area contributed by atoms with Crippen molar-refractivity contribution >= 4 is 27.9 Å². The Morgan fingerprint density at radius 2 is 1.73 bits per heavy atom. The van der Waals surface area contributed by atoms with Crippen molar-refractivity contribution in [1.82, 2.24) is 19.6 Å². The monoisotopic (exact) mass is 453 g/mol. The number of carbonyl (C=O) groups is 1. The Balaban J connectivity index is 1.58. The van der Waals surface area contributed by atoms with Gasteiger partial charge in [-0.2, -0.15) is 0 Å². The summed E-state index contributed by atoms with van der Waals surface area (Å²) in [5.41, 5.74) is 5.00. The molecule has 1 N–H and O–H groups in total. The van der Waals surface area contributed by atoms with E-state index < -0.39 is 5.41 Å². The van der Waals surface area contributed by atoms with Crippen molar-refractivity contribution in [3.8, 4) is 11.4 Å². The number of pyridine rings is 1. The number of hydrogen-bond donors (Lipinski definition) is 1. The quantitative estimate of drug-likeness (QED) is 0.361. The highest BCUT2D eigenvalue weighted by Gasteiger charge is 2.39. The van der Waals surface area contributed by atoms with Gasteiger partial charge in [-0.15, -0.1) is 10.2 Å². The second-order valence-corrected chi connectivity index (χ2v) is 9.30. The van der Waals surface area contributed by atoms with Crippen LogP contribution in [0.4, 0.5) is 5.13 Å². The Morgan fingerprint density at radius 1 is 1.00 bits per heavy atom. The second kappa shape index (κ2) is 8.60. The zero-order chi connectivity index (χ0) is 22.8. The predicted molar refractivity (Wildman–Crippen MR) is 131 cm³/mol. The Hall–Kier alpha value is -3.84. The van der Waals surface area contributed by atoms with E-state index in [1.807, 2.05) is 62.6 Å². The van der Waals surface area contributed by atoms with Crippen LogP contribution in [0, 0.1) is 5.41 Å². The summed E-state index contributed by atoms with van der Waals surface area (Å²) in [7, 11) is 0. The van der Waals surface area contributed by atoms with Crippen LogP contribution in [0.2, 0.25) is 0 Å². The molecule has 164 valence electrons. The maximum absolute atomic E-state index is 13.4. The van der Waals surface area contributed by atoms with Gasteiger partial charge in [0, 0.05) is 17.7 Å². The molecule has 3 heterocycles. The third kappa shape index (κ3) is 4.03. The molecule has 0 saturated heterocycles. The Labute approximate surface area is 196 Å². The van der Waals surface area contributed by atoms with Gasteiger partial charge >= 0.3 is 0 Å². The predicted octanol–water partition coefficient (Wildman–Crippen LogP) is 5.65. The largest absolute Gasteiger partial charge is 0.300 e.